The summed E-state index contributed by atoms with van der Waals surface area (Å²) in [4.78, 5) is 0. The van der Waals surface area contributed by atoms with E-state index in [1.807, 2.05) is 31.2 Å². The van der Waals surface area contributed by atoms with Crippen LogP contribution in [0.5, 0.6) is 5.75 Å². The van der Waals surface area contributed by atoms with Crippen LogP contribution in [-0.4, -0.2) is 13.7 Å². The van der Waals surface area contributed by atoms with Gasteiger partial charge in [0.2, 0.25) is 0 Å². The second kappa shape index (κ2) is 5.17. The molecule has 0 aromatic heterocycles. The van der Waals surface area contributed by atoms with Crippen LogP contribution in [0.4, 0.5) is 0 Å². The Hall–Kier alpha value is -0.800. The third-order valence-corrected chi connectivity index (χ3v) is 2.91. The molecule has 0 aliphatic rings. The molecule has 0 saturated heterocycles. The highest BCUT2D eigenvalue weighted by Gasteiger charge is 2.05. The van der Waals surface area contributed by atoms with Crippen molar-refractivity contribution in [3.8, 4) is 5.75 Å². The summed E-state index contributed by atoms with van der Waals surface area (Å²) < 4.78 is 6.34. The van der Waals surface area contributed by atoms with Crippen molar-refractivity contribution >= 4 is 22.0 Å². The number of hydrogen-bond donors (Lipinski definition) is 1. The Labute approximate surface area is 92.9 Å². The molecule has 0 amide bonds. The average molecular weight is 256 g/mol. The van der Waals surface area contributed by atoms with Gasteiger partial charge in [-0.25, -0.2) is 0 Å². The predicted molar refractivity (Wildman–Crippen MR) is 63.5 cm³/mol. The predicted octanol–water partition coefficient (Wildman–Crippen LogP) is 2.74. The van der Waals surface area contributed by atoms with Crippen LogP contribution in [0.1, 0.15) is 11.1 Å². The Morgan fingerprint density at radius 1 is 1.50 bits per heavy atom. The minimum absolute atomic E-state index is 0.537. The van der Waals surface area contributed by atoms with Gasteiger partial charge in [-0.1, -0.05) is 28.1 Å². The second-order valence-electron chi connectivity index (χ2n) is 2.93. The Kier molecular flexibility index (Phi) is 4.17. The maximum absolute atomic E-state index is 5.42. The first-order valence-electron chi connectivity index (χ1n) is 4.40. The SMILES string of the molecule is COc1ccc(Br)c(C)c1/C=C/CN. The monoisotopic (exact) mass is 255 g/mol. The van der Waals surface area contributed by atoms with Crippen LogP contribution in [0.25, 0.3) is 6.08 Å². The third kappa shape index (κ3) is 2.36. The zero-order valence-electron chi connectivity index (χ0n) is 8.38. The van der Waals surface area contributed by atoms with Gasteiger partial charge in [-0.3, -0.25) is 0 Å². The third-order valence-electron chi connectivity index (χ3n) is 2.05. The van der Waals surface area contributed by atoms with Crippen molar-refractivity contribution in [1.82, 2.24) is 0 Å². The first-order valence-corrected chi connectivity index (χ1v) is 5.19. The van der Waals surface area contributed by atoms with Crippen molar-refractivity contribution in [3.05, 3.63) is 33.8 Å². The second-order valence-corrected chi connectivity index (χ2v) is 3.78. The number of rotatable bonds is 3. The van der Waals surface area contributed by atoms with Gasteiger partial charge in [0.25, 0.3) is 0 Å². The maximum atomic E-state index is 5.42. The van der Waals surface area contributed by atoms with E-state index in [1.54, 1.807) is 7.11 Å². The number of halogens is 1. The van der Waals surface area contributed by atoms with Crippen molar-refractivity contribution < 1.29 is 4.74 Å². The van der Waals surface area contributed by atoms with Crippen molar-refractivity contribution in [3.63, 3.8) is 0 Å². The normalized spacial score (nSPS) is 10.9. The fourth-order valence-corrected chi connectivity index (χ4v) is 1.59. The zero-order chi connectivity index (χ0) is 10.6. The van der Waals surface area contributed by atoms with Gasteiger partial charge in [-0.05, 0) is 24.6 Å². The van der Waals surface area contributed by atoms with Gasteiger partial charge in [-0.2, -0.15) is 0 Å². The first-order chi connectivity index (χ1) is 6.70. The maximum Gasteiger partial charge on any atom is 0.126 e. The lowest BCUT2D eigenvalue weighted by molar-refractivity contribution is 0.413. The van der Waals surface area contributed by atoms with Crippen LogP contribution in [0.2, 0.25) is 0 Å². The molecule has 1 aromatic rings. The quantitative estimate of drug-likeness (QED) is 0.902. The molecule has 1 aromatic carbocycles. The summed E-state index contributed by atoms with van der Waals surface area (Å²) in [5.74, 6) is 0.871. The highest BCUT2D eigenvalue weighted by Crippen LogP contribution is 2.29. The summed E-state index contributed by atoms with van der Waals surface area (Å²) in [6, 6.07) is 3.92. The van der Waals surface area contributed by atoms with E-state index >= 15 is 0 Å². The van der Waals surface area contributed by atoms with Gasteiger partial charge in [-0.15, -0.1) is 0 Å². The van der Waals surface area contributed by atoms with Gasteiger partial charge < -0.3 is 10.5 Å². The van der Waals surface area contributed by atoms with Crippen LogP contribution in [0.15, 0.2) is 22.7 Å². The molecule has 0 radical (unpaired) electrons. The number of benzene rings is 1. The highest BCUT2D eigenvalue weighted by molar-refractivity contribution is 9.10. The van der Waals surface area contributed by atoms with Crippen molar-refractivity contribution in [1.29, 1.82) is 0 Å². The molecule has 0 aliphatic carbocycles. The molecule has 0 fully saturated rings. The smallest absolute Gasteiger partial charge is 0.126 e. The molecule has 0 atom stereocenters. The standard InChI is InChI=1S/C11H14BrNO/c1-8-9(4-3-7-13)11(14-2)6-5-10(8)12/h3-6H,7,13H2,1-2H3/b4-3+. The molecular formula is C11H14BrNO. The molecule has 2 N–H and O–H groups in total. The van der Waals surface area contributed by atoms with Crippen molar-refractivity contribution in [2.75, 3.05) is 13.7 Å². The van der Waals surface area contributed by atoms with Crippen LogP contribution in [0, 0.1) is 6.92 Å². The van der Waals surface area contributed by atoms with E-state index in [2.05, 4.69) is 15.9 Å². The molecule has 3 heteroatoms. The van der Waals surface area contributed by atoms with Crippen molar-refractivity contribution in [2.45, 2.75) is 6.92 Å². The average Bonchev–Trinajstić information content (AvgIpc) is 2.20. The minimum atomic E-state index is 0.537. The summed E-state index contributed by atoms with van der Waals surface area (Å²) >= 11 is 3.48. The minimum Gasteiger partial charge on any atom is -0.496 e. The molecule has 0 spiro atoms. The molecule has 0 saturated carbocycles. The van der Waals surface area contributed by atoms with E-state index in [0.717, 1.165) is 21.3 Å². The lowest BCUT2D eigenvalue weighted by Gasteiger charge is -2.09. The summed E-state index contributed by atoms with van der Waals surface area (Å²) in [7, 11) is 1.67. The van der Waals surface area contributed by atoms with Crippen LogP contribution in [0.3, 0.4) is 0 Å². The van der Waals surface area contributed by atoms with Crippen LogP contribution < -0.4 is 10.5 Å². The number of hydrogen-bond acceptors (Lipinski definition) is 2. The van der Waals surface area contributed by atoms with E-state index in [1.165, 1.54) is 0 Å². The topological polar surface area (TPSA) is 35.2 Å². The lowest BCUT2D eigenvalue weighted by Crippen LogP contribution is -1.94. The fourth-order valence-electron chi connectivity index (χ4n) is 1.25. The van der Waals surface area contributed by atoms with Gasteiger partial charge in [0.05, 0.1) is 7.11 Å². The molecule has 0 unspecified atom stereocenters. The summed E-state index contributed by atoms with van der Waals surface area (Å²) in [5.41, 5.74) is 7.65. The summed E-state index contributed by atoms with van der Waals surface area (Å²) in [6.45, 7) is 2.58. The Morgan fingerprint density at radius 2 is 2.21 bits per heavy atom. The van der Waals surface area contributed by atoms with Crippen LogP contribution in [-0.2, 0) is 0 Å². The lowest BCUT2D eigenvalue weighted by atomic mass is 10.1. The van der Waals surface area contributed by atoms with E-state index < -0.39 is 0 Å². The van der Waals surface area contributed by atoms with Crippen molar-refractivity contribution in [2.24, 2.45) is 5.73 Å². The number of ether oxygens (including phenoxy) is 1. The van der Waals surface area contributed by atoms with Gasteiger partial charge in [0.15, 0.2) is 0 Å². The Bertz CT molecular complexity index is 347. The molecule has 0 heterocycles. The van der Waals surface area contributed by atoms with E-state index in [-0.39, 0.29) is 0 Å². The first kappa shape index (κ1) is 11.3. The molecule has 0 aliphatic heterocycles. The van der Waals surface area contributed by atoms with Gasteiger partial charge in [0, 0.05) is 16.6 Å². The highest BCUT2D eigenvalue weighted by atomic mass is 79.9. The summed E-state index contributed by atoms with van der Waals surface area (Å²) in [6.07, 6.45) is 3.90. The largest absolute Gasteiger partial charge is 0.496 e. The van der Waals surface area contributed by atoms with E-state index in [0.29, 0.717) is 6.54 Å². The number of methoxy groups -OCH3 is 1. The van der Waals surface area contributed by atoms with Crippen LogP contribution >= 0.6 is 15.9 Å². The summed E-state index contributed by atoms with van der Waals surface area (Å²) in [5, 5.41) is 0. The van der Waals surface area contributed by atoms with Gasteiger partial charge in [0.1, 0.15) is 5.75 Å². The fraction of sp³-hybridized carbons (Fsp3) is 0.273. The molecule has 1 rings (SSSR count). The van der Waals surface area contributed by atoms with E-state index in [4.69, 9.17) is 10.5 Å². The van der Waals surface area contributed by atoms with Gasteiger partial charge >= 0.3 is 0 Å². The molecule has 0 bridgehead atoms. The Morgan fingerprint density at radius 3 is 2.79 bits per heavy atom. The molecule has 76 valence electrons. The Balaban J connectivity index is 3.21. The molecular weight excluding hydrogens is 242 g/mol. The number of nitrogens with two attached hydrogens (primary N) is 1. The zero-order valence-corrected chi connectivity index (χ0v) is 9.97. The molecule has 2 nitrogen and oxygen atoms in total. The van der Waals surface area contributed by atoms with E-state index in [9.17, 15) is 0 Å². The molecule has 14 heavy (non-hydrogen) atoms.